The molecule has 19 heavy (non-hydrogen) atoms. The molecule has 4 heteroatoms. The van der Waals surface area contributed by atoms with Crippen LogP contribution in [0, 0.1) is 0 Å². The number of amides is 1. The van der Waals surface area contributed by atoms with Gasteiger partial charge in [-0.3, -0.25) is 4.79 Å². The second-order valence-corrected chi connectivity index (χ2v) is 4.65. The number of hydrogen-bond donors (Lipinski definition) is 2. The minimum Gasteiger partial charge on any atom is -0.341 e. The third kappa shape index (κ3) is 1.46. The number of benzene rings is 2. The maximum absolute atomic E-state index is 12.1. The summed E-state index contributed by atoms with van der Waals surface area (Å²) >= 11 is 0. The zero-order chi connectivity index (χ0) is 12.8. The number of carbonyl (C=O) groups is 1. The van der Waals surface area contributed by atoms with Gasteiger partial charge in [0.15, 0.2) is 0 Å². The molecule has 2 heterocycles. The predicted molar refractivity (Wildman–Crippen MR) is 73.0 cm³/mol. The molecule has 0 spiro atoms. The van der Waals surface area contributed by atoms with E-state index in [0.717, 1.165) is 22.3 Å². The standard InChI is InChI=1S/C15H11N3O/c19-15-13(9-5-1-2-6-10(9)18-15)14-16-11-7-3-4-8-12(11)17-14/h1-8,13H,(H,16,17)(H,18,19). The van der Waals surface area contributed by atoms with Crippen molar-refractivity contribution >= 4 is 22.6 Å². The number of carbonyl (C=O) groups excluding carboxylic acids is 1. The van der Waals surface area contributed by atoms with Gasteiger partial charge in [-0.2, -0.15) is 0 Å². The second kappa shape index (κ2) is 3.68. The average molecular weight is 249 g/mol. The summed E-state index contributed by atoms with van der Waals surface area (Å²) < 4.78 is 0. The number of imidazole rings is 1. The number of aromatic amines is 1. The maximum Gasteiger partial charge on any atom is 0.239 e. The summed E-state index contributed by atoms with van der Waals surface area (Å²) in [5.74, 6) is 0.326. The Kier molecular flexibility index (Phi) is 2.00. The van der Waals surface area contributed by atoms with E-state index in [1.165, 1.54) is 0 Å². The van der Waals surface area contributed by atoms with Crippen LogP contribution < -0.4 is 5.32 Å². The van der Waals surface area contributed by atoms with Crippen molar-refractivity contribution in [1.29, 1.82) is 0 Å². The Labute approximate surface area is 109 Å². The van der Waals surface area contributed by atoms with E-state index >= 15 is 0 Å². The van der Waals surface area contributed by atoms with Crippen molar-refractivity contribution in [2.24, 2.45) is 0 Å². The normalized spacial score (nSPS) is 17.5. The lowest BCUT2D eigenvalue weighted by Gasteiger charge is -2.04. The van der Waals surface area contributed by atoms with Crippen molar-refractivity contribution in [2.45, 2.75) is 5.92 Å². The van der Waals surface area contributed by atoms with Crippen LogP contribution in [0.5, 0.6) is 0 Å². The lowest BCUT2D eigenvalue weighted by molar-refractivity contribution is -0.116. The summed E-state index contributed by atoms with van der Waals surface area (Å²) in [4.78, 5) is 19.9. The Morgan fingerprint density at radius 2 is 1.79 bits per heavy atom. The van der Waals surface area contributed by atoms with Crippen molar-refractivity contribution in [3.63, 3.8) is 0 Å². The monoisotopic (exact) mass is 249 g/mol. The number of anilines is 1. The summed E-state index contributed by atoms with van der Waals surface area (Å²) in [6.45, 7) is 0. The summed E-state index contributed by atoms with van der Waals surface area (Å²) in [6, 6.07) is 15.5. The van der Waals surface area contributed by atoms with Gasteiger partial charge in [0.05, 0.1) is 11.0 Å². The van der Waals surface area contributed by atoms with E-state index in [4.69, 9.17) is 0 Å². The van der Waals surface area contributed by atoms with E-state index in [1.807, 2.05) is 48.5 Å². The van der Waals surface area contributed by atoms with Crippen LogP contribution in [0.4, 0.5) is 5.69 Å². The first kappa shape index (κ1) is 10.3. The van der Waals surface area contributed by atoms with Crippen molar-refractivity contribution in [3.8, 4) is 0 Å². The number of rotatable bonds is 1. The largest absolute Gasteiger partial charge is 0.341 e. The van der Waals surface area contributed by atoms with Gasteiger partial charge in [-0.05, 0) is 23.8 Å². The van der Waals surface area contributed by atoms with Gasteiger partial charge in [0.25, 0.3) is 0 Å². The molecule has 1 aliphatic heterocycles. The summed E-state index contributed by atoms with van der Waals surface area (Å²) in [6.07, 6.45) is 0. The van der Waals surface area contributed by atoms with E-state index in [2.05, 4.69) is 15.3 Å². The van der Waals surface area contributed by atoms with Crippen molar-refractivity contribution in [2.75, 3.05) is 5.32 Å². The van der Waals surface area contributed by atoms with Crippen LogP contribution in [0.15, 0.2) is 48.5 Å². The van der Waals surface area contributed by atoms with Crippen molar-refractivity contribution in [1.82, 2.24) is 9.97 Å². The molecule has 0 aliphatic carbocycles. The number of nitrogens with one attached hydrogen (secondary N) is 2. The molecule has 2 N–H and O–H groups in total. The highest BCUT2D eigenvalue weighted by Gasteiger charge is 2.33. The van der Waals surface area contributed by atoms with Crippen LogP contribution in [0.25, 0.3) is 11.0 Å². The highest BCUT2D eigenvalue weighted by Crippen LogP contribution is 2.36. The number of nitrogens with zero attached hydrogens (tertiary/aromatic N) is 1. The maximum atomic E-state index is 12.1. The molecule has 2 aromatic carbocycles. The molecule has 0 fully saturated rings. The van der Waals surface area contributed by atoms with Gasteiger partial charge in [0.2, 0.25) is 5.91 Å². The smallest absolute Gasteiger partial charge is 0.239 e. The number of para-hydroxylation sites is 3. The first-order valence-electron chi connectivity index (χ1n) is 6.17. The number of fused-ring (bicyclic) bond motifs is 2. The molecule has 0 saturated carbocycles. The molecule has 0 radical (unpaired) electrons. The van der Waals surface area contributed by atoms with E-state index in [9.17, 15) is 4.79 Å². The van der Waals surface area contributed by atoms with Crippen molar-refractivity contribution < 1.29 is 4.79 Å². The Balaban J connectivity index is 1.90. The van der Waals surface area contributed by atoms with E-state index in [1.54, 1.807) is 0 Å². The van der Waals surface area contributed by atoms with Gasteiger partial charge in [-0.1, -0.05) is 30.3 Å². The van der Waals surface area contributed by atoms with Crippen LogP contribution in [0.3, 0.4) is 0 Å². The Morgan fingerprint density at radius 3 is 2.68 bits per heavy atom. The molecule has 1 unspecified atom stereocenters. The van der Waals surface area contributed by atoms with Gasteiger partial charge in [0.1, 0.15) is 11.7 Å². The lowest BCUT2D eigenvalue weighted by atomic mass is 10.0. The fourth-order valence-corrected chi connectivity index (χ4v) is 2.59. The van der Waals surface area contributed by atoms with Gasteiger partial charge in [-0.25, -0.2) is 4.98 Å². The van der Waals surface area contributed by atoms with Crippen LogP contribution in [-0.2, 0) is 4.79 Å². The highest BCUT2D eigenvalue weighted by molar-refractivity contribution is 6.04. The highest BCUT2D eigenvalue weighted by atomic mass is 16.2. The predicted octanol–water partition coefficient (Wildman–Crippen LogP) is 2.65. The Morgan fingerprint density at radius 1 is 1.00 bits per heavy atom. The van der Waals surface area contributed by atoms with Gasteiger partial charge in [0, 0.05) is 5.69 Å². The molecular weight excluding hydrogens is 238 g/mol. The van der Waals surface area contributed by atoms with E-state index < -0.39 is 0 Å². The third-order valence-corrected chi connectivity index (χ3v) is 3.47. The fraction of sp³-hybridized carbons (Fsp3) is 0.0667. The lowest BCUT2D eigenvalue weighted by Crippen LogP contribution is -2.14. The fourth-order valence-electron chi connectivity index (χ4n) is 2.59. The molecule has 1 aromatic heterocycles. The molecule has 1 aliphatic rings. The first-order chi connectivity index (χ1) is 9.33. The minimum atomic E-state index is -0.344. The molecule has 3 aromatic rings. The summed E-state index contributed by atoms with van der Waals surface area (Å²) in [5, 5.41) is 2.89. The molecular formula is C15H11N3O. The molecule has 0 bridgehead atoms. The average Bonchev–Trinajstić information content (AvgIpc) is 2.97. The quantitative estimate of drug-likeness (QED) is 0.696. The Hall–Kier alpha value is -2.62. The first-order valence-corrected chi connectivity index (χ1v) is 6.17. The topological polar surface area (TPSA) is 57.8 Å². The van der Waals surface area contributed by atoms with Crippen LogP contribution >= 0.6 is 0 Å². The molecule has 1 atom stereocenters. The third-order valence-electron chi connectivity index (χ3n) is 3.47. The summed E-state index contributed by atoms with van der Waals surface area (Å²) in [7, 11) is 0. The zero-order valence-corrected chi connectivity index (χ0v) is 10.1. The second-order valence-electron chi connectivity index (χ2n) is 4.65. The molecule has 92 valence electrons. The van der Waals surface area contributed by atoms with Crippen LogP contribution in [0.2, 0.25) is 0 Å². The number of aromatic nitrogens is 2. The van der Waals surface area contributed by atoms with Gasteiger partial charge < -0.3 is 10.3 Å². The molecule has 4 rings (SSSR count). The zero-order valence-electron chi connectivity index (χ0n) is 10.1. The Bertz CT molecular complexity index is 758. The van der Waals surface area contributed by atoms with Gasteiger partial charge in [-0.15, -0.1) is 0 Å². The minimum absolute atomic E-state index is 0.0275. The number of H-pyrrole nitrogens is 1. The number of hydrogen-bond acceptors (Lipinski definition) is 2. The summed E-state index contributed by atoms with van der Waals surface area (Å²) in [5.41, 5.74) is 3.69. The SMILES string of the molecule is O=C1Nc2ccccc2C1c1nc2ccccc2[nH]1. The molecule has 4 nitrogen and oxygen atoms in total. The van der Waals surface area contributed by atoms with Gasteiger partial charge >= 0.3 is 0 Å². The molecule has 0 saturated heterocycles. The van der Waals surface area contributed by atoms with Crippen LogP contribution in [0.1, 0.15) is 17.3 Å². The van der Waals surface area contributed by atoms with E-state index in [0.29, 0.717) is 5.82 Å². The molecule has 1 amide bonds. The van der Waals surface area contributed by atoms with Crippen molar-refractivity contribution in [3.05, 3.63) is 59.9 Å². The van der Waals surface area contributed by atoms with Crippen LogP contribution in [-0.4, -0.2) is 15.9 Å². The van der Waals surface area contributed by atoms with E-state index in [-0.39, 0.29) is 11.8 Å².